The van der Waals surface area contributed by atoms with Crippen LogP contribution in [0.15, 0.2) is 42.6 Å². The van der Waals surface area contributed by atoms with Crippen LogP contribution in [0.5, 0.6) is 5.75 Å². The summed E-state index contributed by atoms with van der Waals surface area (Å²) in [5.41, 5.74) is 2.02. The summed E-state index contributed by atoms with van der Waals surface area (Å²) in [6.45, 7) is 0.0884. The highest BCUT2D eigenvalue weighted by Gasteiger charge is 2.14. The van der Waals surface area contributed by atoms with Crippen LogP contribution in [0.1, 0.15) is 15.9 Å². The Morgan fingerprint density at radius 3 is 2.54 bits per heavy atom. The molecule has 8 heteroatoms. The molecule has 1 aromatic heterocycles. The number of methoxy groups -OCH3 is 2. The molecule has 0 amide bonds. The Balaban J connectivity index is 1.84. The molecule has 0 saturated carbocycles. The van der Waals surface area contributed by atoms with E-state index in [1.165, 1.54) is 25.0 Å². The van der Waals surface area contributed by atoms with Gasteiger partial charge in [-0.05, 0) is 18.2 Å². The van der Waals surface area contributed by atoms with Gasteiger partial charge in [0.15, 0.2) is 11.6 Å². The van der Waals surface area contributed by atoms with Crippen molar-refractivity contribution in [3.63, 3.8) is 0 Å². The van der Waals surface area contributed by atoms with Crippen LogP contribution in [0.2, 0.25) is 0 Å². The van der Waals surface area contributed by atoms with Gasteiger partial charge in [0.2, 0.25) is 0 Å². The lowest BCUT2D eigenvalue weighted by Gasteiger charge is -2.09. The monoisotopic (exact) mass is 359 g/mol. The third-order valence-electron chi connectivity index (χ3n) is 3.76. The number of hydrogen-bond acceptors (Lipinski definition) is 5. The second-order valence-electron chi connectivity index (χ2n) is 5.45. The van der Waals surface area contributed by atoms with E-state index < -0.39 is 17.6 Å². The number of carbonyl (C=O) groups is 1. The molecule has 0 atom stereocenters. The summed E-state index contributed by atoms with van der Waals surface area (Å²) < 4.78 is 38.3. The fraction of sp³-hybridized carbons (Fsp3) is 0.167. The number of rotatable bonds is 5. The average Bonchev–Trinajstić information content (AvgIpc) is 3.09. The van der Waals surface area contributed by atoms with Gasteiger partial charge >= 0.3 is 5.97 Å². The van der Waals surface area contributed by atoms with Crippen LogP contribution in [0.3, 0.4) is 0 Å². The number of halogens is 2. The summed E-state index contributed by atoms with van der Waals surface area (Å²) >= 11 is 0. The molecular weight excluding hydrogens is 344 g/mol. The molecular formula is C18H15F2N3O3. The van der Waals surface area contributed by atoms with Gasteiger partial charge in [-0.25, -0.2) is 18.3 Å². The van der Waals surface area contributed by atoms with Crippen molar-refractivity contribution in [1.29, 1.82) is 0 Å². The molecule has 134 valence electrons. The molecule has 0 N–H and O–H groups in total. The molecule has 0 radical (unpaired) electrons. The zero-order chi connectivity index (χ0) is 18.7. The minimum atomic E-state index is -0.777. The summed E-state index contributed by atoms with van der Waals surface area (Å²) in [6, 6.07) is 8.61. The minimum Gasteiger partial charge on any atom is -0.493 e. The lowest BCUT2D eigenvalue weighted by molar-refractivity contribution is 0.0600. The van der Waals surface area contributed by atoms with Gasteiger partial charge in [-0.1, -0.05) is 17.3 Å². The fourth-order valence-corrected chi connectivity index (χ4v) is 2.54. The lowest BCUT2D eigenvalue weighted by Crippen LogP contribution is -2.04. The summed E-state index contributed by atoms with van der Waals surface area (Å²) in [5.74, 6) is -1.94. The van der Waals surface area contributed by atoms with E-state index in [1.807, 2.05) is 0 Å². The molecule has 0 fully saturated rings. The van der Waals surface area contributed by atoms with Crippen LogP contribution in [-0.2, 0) is 11.3 Å². The first-order chi connectivity index (χ1) is 12.5. The van der Waals surface area contributed by atoms with Crippen molar-refractivity contribution in [2.45, 2.75) is 6.54 Å². The molecule has 26 heavy (non-hydrogen) atoms. The van der Waals surface area contributed by atoms with Crippen molar-refractivity contribution >= 4 is 5.97 Å². The summed E-state index contributed by atoms with van der Waals surface area (Å²) in [4.78, 5) is 11.5. The first-order valence-electron chi connectivity index (χ1n) is 7.62. The molecule has 0 aliphatic heterocycles. The smallest absolute Gasteiger partial charge is 0.337 e. The SMILES string of the molecule is COC(=O)c1ccc(-c2cn(Cc3cc(F)cc(F)c3OC)nn2)cc1. The maximum absolute atomic E-state index is 13.8. The summed E-state index contributed by atoms with van der Waals surface area (Å²) in [6.07, 6.45) is 1.63. The second-order valence-corrected chi connectivity index (χ2v) is 5.45. The van der Waals surface area contributed by atoms with E-state index in [1.54, 1.807) is 30.5 Å². The number of hydrogen-bond donors (Lipinski definition) is 0. The predicted octanol–water partition coefficient (Wildman–Crippen LogP) is 3.07. The third kappa shape index (κ3) is 3.53. The number of esters is 1. The largest absolute Gasteiger partial charge is 0.493 e. The molecule has 0 spiro atoms. The van der Waals surface area contributed by atoms with Gasteiger partial charge in [0, 0.05) is 17.2 Å². The van der Waals surface area contributed by atoms with Crippen LogP contribution in [-0.4, -0.2) is 35.2 Å². The number of carbonyl (C=O) groups excluding carboxylic acids is 1. The Morgan fingerprint density at radius 1 is 1.15 bits per heavy atom. The van der Waals surface area contributed by atoms with Crippen molar-refractivity contribution in [2.75, 3.05) is 14.2 Å². The van der Waals surface area contributed by atoms with E-state index in [-0.39, 0.29) is 12.3 Å². The Labute approximate surface area is 148 Å². The Bertz CT molecular complexity index is 939. The summed E-state index contributed by atoms with van der Waals surface area (Å²) in [7, 11) is 2.63. The molecule has 3 rings (SSSR count). The van der Waals surface area contributed by atoms with Crippen molar-refractivity contribution in [1.82, 2.24) is 15.0 Å². The van der Waals surface area contributed by atoms with Gasteiger partial charge in [-0.2, -0.15) is 0 Å². The van der Waals surface area contributed by atoms with Crippen molar-refractivity contribution < 1.29 is 23.0 Å². The molecule has 2 aromatic carbocycles. The second kappa shape index (κ2) is 7.30. The zero-order valence-electron chi connectivity index (χ0n) is 14.1. The van der Waals surface area contributed by atoms with Gasteiger partial charge in [0.1, 0.15) is 11.5 Å². The topological polar surface area (TPSA) is 66.2 Å². The number of benzene rings is 2. The van der Waals surface area contributed by atoms with Gasteiger partial charge in [-0.3, -0.25) is 0 Å². The maximum atomic E-state index is 13.8. The highest BCUT2D eigenvalue weighted by molar-refractivity contribution is 5.89. The highest BCUT2D eigenvalue weighted by Crippen LogP contribution is 2.25. The van der Waals surface area contributed by atoms with Gasteiger partial charge in [-0.15, -0.1) is 5.10 Å². The lowest BCUT2D eigenvalue weighted by atomic mass is 10.1. The number of aromatic nitrogens is 3. The molecule has 0 aliphatic carbocycles. The molecule has 0 unspecified atom stereocenters. The molecule has 0 saturated heterocycles. The molecule has 0 bridgehead atoms. The Kier molecular flexibility index (Phi) is 4.92. The van der Waals surface area contributed by atoms with E-state index >= 15 is 0 Å². The van der Waals surface area contributed by atoms with Crippen LogP contribution in [0, 0.1) is 11.6 Å². The third-order valence-corrected chi connectivity index (χ3v) is 3.76. The van der Waals surface area contributed by atoms with E-state index in [4.69, 9.17) is 4.74 Å². The quantitative estimate of drug-likeness (QED) is 0.655. The minimum absolute atomic E-state index is 0.0362. The highest BCUT2D eigenvalue weighted by atomic mass is 19.1. The maximum Gasteiger partial charge on any atom is 0.337 e. The van der Waals surface area contributed by atoms with Crippen LogP contribution in [0.4, 0.5) is 8.78 Å². The molecule has 6 nitrogen and oxygen atoms in total. The zero-order valence-corrected chi connectivity index (χ0v) is 14.1. The molecule has 0 aliphatic rings. The van der Waals surface area contributed by atoms with Gasteiger partial charge in [0.05, 0.1) is 32.5 Å². The van der Waals surface area contributed by atoms with Gasteiger partial charge < -0.3 is 9.47 Å². The van der Waals surface area contributed by atoms with E-state index in [0.29, 0.717) is 16.8 Å². The van der Waals surface area contributed by atoms with Crippen molar-refractivity contribution in [2.24, 2.45) is 0 Å². The van der Waals surface area contributed by atoms with Crippen LogP contribution >= 0.6 is 0 Å². The van der Waals surface area contributed by atoms with Crippen molar-refractivity contribution in [3.8, 4) is 17.0 Å². The number of nitrogens with zero attached hydrogens (tertiary/aromatic N) is 3. The Hall–Kier alpha value is -3.29. The van der Waals surface area contributed by atoms with Gasteiger partial charge in [0.25, 0.3) is 0 Å². The van der Waals surface area contributed by atoms with Crippen molar-refractivity contribution in [3.05, 3.63) is 65.4 Å². The van der Waals surface area contributed by atoms with Crippen LogP contribution < -0.4 is 4.74 Å². The molecule has 3 aromatic rings. The normalized spacial score (nSPS) is 10.6. The standard InChI is InChI=1S/C18H15F2N3O3/c1-25-17-13(7-14(19)8-15(17)20)9-23-10-16(21-22-23)11-3-5-12(6-4-11)18(24)26-2/h3-8,10H,9H2,1-2H3. The molecule has 1 heterocycles. The fourth-order valence-electron chi connectivity index (χ4n) is 2.54. The van der Waals surface area contributed by atoms with E-state index in [9.17, 15) is 13.6 Å². The Morgan fingerprint density at radius 2 is 1.88 bits per heavy atom. The predicted molar refractivity (Wildman–Crippen MR) is 88.8 cm³/mol. The first kappa shape index (κ1) is 17.5. The number of ether oxygens (including phenoxy) is 2. The summed E-state index contributed by atoms with van der Waals surface area (Å²) in [5, 5.41) is 8.02. The first-order valence-corrected chi connectivity index (χ1v) is 7.62. The average molecular weight is 359 g/mol. The van der Waals surface area contributed by atoms with Crippen LogP contribution in [0.25, 0.3) is 11.3 Å². The van der Waals surface area contributed by atoms with E-state index in [0.717, 1.165) is 11.6 Å². The van der Waals surface area contributed by atoms with E-state index in [2.05, 4.69) is 15.0 Å².